The molecule has 3 aromatic rings. The molecule has 0 aliphatic rings. The minimum absolute atomic E-state index is 0.307. The van der Waals surface area contributed by atoms with E-state index >= 15 is 0 Å². The number of nitrogens with zero attached hydrogens (tertiary/aromatic N) is 4. The van der Waals surface area contributed by atoms with Crippen LogP contribution in [0.1, 0.15) is 28.9 Å². The summed E-state index contributed by atoms with van der Waals surface area (Å²) in [4.78, 5) is 12.5. The van der Waals surface area contributed by atoms with Gasteiger partial charge >= 0.3 is 5.97 Å². The van der Waals surface area contributed by atoms with Crippen LogP contribution in [-0.4, -0.2) is 32.8 Å². The predicted molar refractivity (Wildman–Crippen MR) is 100 cm³/mol. The Kier molecular flexibility index (Phi) is 5.68. The SMILES string of the molecule is CCOC(=O)[C@@H](Sc1nnnn1-c1ccc(C)cc1C)c1ccccc1. The number of hydrogen-bond acceptors (Lipinski definition) is 6. The van der Waals surface area contributed by atoms with Gasteiger partial charge in [-0.2, -0.15) is 4.68 Å². The van der Waals surface area contributed by atoms with Crippen LogP contribution < -0.4 is 0 Å². The minimum Gasteiger partial charge on any atom is -0.465 e. The fourth-order valence-corrected chi connectivity index (χ4v) is 3.64. The molecule has 0 aliphatic heterocycles. The van der Waals surface area contributed by atoms with Crippen molar-refractivity contribution in [1.82, 2.24) is 20.2 Å². The molecule has 1 atom stereocenters. The summed E-state index contributed by atoms with van der Waals surface area (Å²) in [5.74, 6) is -0.307. The summed E-state index contributed by atoms with van der Waals surface area (Å²) in [6, 6.07) is 15.6. The van der Waals surface area contributed by atoms with E-state index in [1.165, 1.54) is 17.3 Å². The van der Waals surface area contributed by atoms with Crippen LogP contribution in [0.4, 0.5) is 0 Å². The molecule has 6 nitrogen and oxygen atoms in total. The Morgan fingerprint density at radius 2 is 1.96 bits per heavy atom. The van der Waals surface area contributed by atoms with Crippen LogP contribution in [0.2, 0.25) is 0 Å². The lowest BCUT2D eigenvalue weighted by atomic mass is 10.1. The second-order valence-corrected chi connectivity index (χ2v) is 6.90. The van der Waals surface area contributed by atoms with Gasteiger partial charge in [0.05, 0.1) is 12.3 Å². The molecule has 7 heteroatoms. The maximum atomic E-state index is 12.5. The van der Waals surface area contributed by atoms with E-state index < -0.39 is 5.25 Å². The summed E-state index contributed by atoms with van der Waals surface area (Å²) in [6.07, 6.45) is 0. The molecule has 0 N–H and O–H groups in total. The van der Waals surface area contributed by atoms with Gasteiger partial charge in [-0.15, -0.1) is 5.10 Å². The average molecular weight is 368 g/mol. The number of tetrazole rings is 1. The Labute approximate surface area is 156 Å². The first kappa shape index (κ1) is 18.1. The van der Waals surface area contributed by atoms with Gasteiger partial charge in [0.1, 0.15) is 5.25 Å². The summed E-state index contributed by atoms with van der Waals surface area (Å²) in [5, 5.41) is 12.0. The highest BCUT2D eigenvalue weighted by Crippen LogP contribution is 2.36. The highest BCUT2D eigenvalue weighted by atomic mass is 32.2. The Balaban J connectivity index is 1.96. The Morgan fingerprint density at radius 1 is 1.19 bits per heavy atom. The van der Waals surface area contributed by atoms with Gasteiger partial charge in [0.25, 0.3) is 0 Å². The van der Waals surface area contributed by atoms with Crippen molar-refractivity contribution in [2.75, 3.05) is 6.61 Å². The van der Waals surface area contributed by atoms with E-state index in [1.54, 1.807) is 11.6 Å². The van der Waals surface area contributed by atoms with E-state index in [1.807, 2.05) is 56.3 Å². The molecular formula is C19H20N4O2S. The van der Waals surface area contributed by atoms with Crippen molar-refractivity contribution in [1.29, 1.82) is 0 Å². The van der Waals surface area contributed by atoms with E-state index in [9.17, 15) is 4.79 Å². The standard InChI is InChI=1S/C19H20N4O2S/c1-4-25-18(24)17(15-8-6-5-7-9-15)26-19-20-21-22-23(19)16-11-10-13(2)12-14(16)3/h5-12,17H,4H2,1-3H3/t17-/m0/s1. The van der Waals surface area contributed by atoms with Gasteiger partial charge in [0.2, 0.25) is 5.16 Å². The normalized spacial score (nSPS) is 12.0. The number of thioether (sulfide) groups is 1. The molecule has 2 aromatic carbocycles. The first-order chi connectivity index (χ1) is 12.6. The number of aryl methyl sites for hydroxylation is 2. The first-order valence-corrected chi connectivity index (χ1v) is 9.22. The molecule has 134 valence electrons. The quantitative estimate of drug-likeness (QED) is 0.488. The van der Waals surface area contributed by atoms with E-state index in [4.69, 9.17) is 4.74 Å². The van der Waals surface area contributed by atoms with Crippen LogP contribution in [-0.2, 0) is 9.53 Å². The number of carbonyl (C=O) groups excluding carboxylic acids is 1. The molecule has 0 amide bonds. The maximum Gasteiger partial charge on any atom is 0.324 e. The third kappa shape index (κ3) is 3.94. The fraction of sp³-hybridized carbons (Fsp3) is 0.263. The Morgan fingerprint density at radius 3 is 2.65 bits per heavy atom. The van der Waals surface area contributed by atoms with Crippen molar-refractivity contribution >= 4 is 17.7 Å². The lowest BCUT2D eigenvalue weighted by Gasteiger charge is -2.15. The van der Waals surface area contributed by atoms with Gasteiger partial charge in [-0.05, 0) is 48.4 Å². The highest BCUT2D eigenvalue weighted by Gasteiger charge is 2.26. The van der Waals surface area contributed by atoms with Crippen LogP contribution in [0.3, 0.4) is 0 Å². The second kappa shape index (κ2) is 8.14. The van der Waals surface area contributed by atoms with Gasteiger partial charge in [-0.25, -0.2) is 0 Å². The number of ether oxygens (including phenoxy) is 1. The molecule has 26 heavy (non-hydrogen) atoms. The molecule has 0 bridgehead atoms. The molecule has 3 rings (SSSR count). The minimum atomic E-state index is -0.536. The Hall–Kier alpha value is -2.67. The molecular weight excluding hydrogens is 348 g/mol. The number of benzene rings is 2. The summed E-state index contributed by atoms with van der Waals surface area (Å²) >= 11 is 1.28. The van der Waals surface area contributed by atoms with Gasteiger partial charge in [0, 0.05) is 0 Å². The molecule has 0 aliphatic carbocycles. The Bertz CT molecular complexity index is 896. The van der Waals surface area contributed by atoms with Crippen molar-refractivity contribution in [3.63, 3.8) is 0 Å². The lowest BCUT2D eigenvalue weighted by molar-refractivity contribution is -0.142. The van der Waals surface area contributed by atoms with Crippen LogP contribution in [0, 0.1) is 13.8 Å². The van der Waals surface area contributed by atoms with Crippen molar-refractivity contribution < 1.29 is 9.53 Å². The number of aromatic nitrogens is 4. The van der Waals surface area contributed by atoms with Gasteiger partial charge in [-0.1, -0.05) is 59.8 Å². The number of carbonyl (C=O) groups is 1. The highest BCUT2D eigenvalue weighted by molar-refractivity contribution is 8.00. The van der Waals surface area contributed by atoms with E-state index in [0.29, 0.717) is 11.8 Å². The number of hydrogen-bond donors (Lipinski definition) is 0. The maximum absolute atomic E-state index is 12.5. The molecule has 0 fully saturated rings. The zero-order valence-corrected chi connectivity index (χ0v) is 15.7. The molecule has 0 radical (unpaired) electrons. The van der Waals surface area contributed by atoms with Gasteiger partial charge in [-0.3, -0.25) is 4.79 Å². The monoisotopic (exact) mass is 368 g/mol. The lowest BCUT2D eigenvalue weighted by Crippen LogP contribution is -2.14. The average Bonchev–Trinajstić information content (AvgIpc) is 3.08. The molecule has 0 saturated carbocycles. The zero-order valence-electron chi connectivity index (χ0n) is 14.9. The molecule has 0 spiro atoms. The topological polar surface area (TPSA) is 69.9 Å². The summed E-state index contributed by atoms with van der Waals surface area (Å²) in [7, 11) is 0. The van der Waals surface area contributed by atoms with E-state index in [-0.39, 0.29) is 5.97 Å². The molecule has 1 heterocycles. The van der Waals surface area contributed by atoms with Crippen LogP contribution in [0.15, 0.2) is 53.7 Å². The summed E-state index contributed by atoms with van der Waals surface area (Å²) in [6.45, 7) is 6.17. The van der Waals surface area contributed by atoms with Crippen LogP contribution in [0.25, 0.3) is 5.69 Å². The second-order valence-electron chi connectivity index (χ2n) is 5.82. The smallest absolute Gasteiger partial charge is 0.324 e. The third-order valence-electron chi connectivity index (χ3n) is 3.85. The third-order valence-corrected chi connectivity index (χ3v) is 5.01. The molecule has 0 unspecified atom stereocenters. The van der Waals surface area contributed by atoms with Crippen molar-refractivity contribution in [2.45, 2.75) is 31.2 Å². The zero-order chi connectivity index (χ0) is 18.5. The van der Waals surface area contributed by atoms with Crippen LogP contribution >= 0.6 is 11.8 Å². The number of rotatable bonds is 6. The van der Waals surface area contributed by atoms with E-state index in [0.717, 1.165) is 16.8 Å². The predicted octanol–water partition coefficient (Wildman–Crippen LogP) is 3.68. The summed E-state index contributed by atoms with van der Waals surface area (Å²) in [5.41, 5.74) is 3.97. The molecule has 0 saturated heterocycles. The van der Waals surface area contributed by atoms with Gasteiger partial charge < -0.3 is 4.74 Å². The van der Waals surface area contributed by atoms with Crippen LogP contribution in [0.5, 0.6) is 0 Å². The largest absolute Gasteiger partial charge is 0.465 e. The van der Waals surface area contributed by atoms with Gasteiger partial charge in [0.15, 0.2) is 0 Å². The fourth-order valence-electron chi connectivity index (χ4n) is 2.65. The van der Waals surface area contributed by atoms with Crippen molar-refractivity contribution in [2.24, 2.45) is 0 Å². The first-order valence-electron chi connectivity index (χ1n) is 8.34. The number of esters is 1. The van der Waals surface area contributed by atoms with Crippen molar-refractivity contribution in [3.8, 4) is 5.69 Å². The van der Waals surface area contributed by atoms with E-state index in [2.05, 4.69) is 21.6 Å². The summed E-state index contributed by atoms with van der Waals surface area (Å²) < 4.78 is 6.92. The van der Waals surface area contributed by atoms with Crippen molar-refractivity contribution in [3.05, 3.63) is 65.2 Å². The molecule has 1 aromatic heterocycles.